The zero-order chi connectivity index (χ0) is 17.6. The van der Waals surface area contributed by atoms with E-state index < -0.39 is 11.2 Å². The number of hydrogen-bond acceptors (Lipinski definition) is 4. The number of nitrogens with zero attached hydrogens (tertiary/aromatic N) is 3. The van der Waals surface area contributed by atoms with Gasteiger partial charge in [0.1, 0.15) is 11.2 Å². The van der Waals surface area contributed by atoms with Crippen LogP contribution < -0.4 is 16.6 Å². The molecule has 0 fully saturated rings. The molecule has 0 bridgehead atoms. The van der Waals surface area contributed by atoms with Crippen molar-refractivity contribution in [2.75, 3.05) is 5.32 Å². The number of hydrogen-bond donors (Lipinski definition) is 1. The first-order chi connectivity index (χ1) is 11.3. The quantitative estimate of drug-likeness (QED) is 0.782. The third-order valence-electron chi connectivity index (χ3n) is 4.10. The van der Waals surface area contributed by atoms with Gasteiger partial charge in [-0.15, -0.1) is 0 Å². The number of aromatic nitrogens is 3. The van der Waals surface area contributed by atoms with Crippen LogP contribution in [0.2, 0.25) is 0 Å². The van der Waals surface area contributed by atoms with Crippen LogP contribution in [0.4, 0.5) is 15.8 Å². The lowest BCUT2D eigenvalue weighted by Gasteiger charge is -2.14. The largest absolute Gasteiger partial charge is 0.354 e. The summed E-state index contributed by atoms with van der Waals surface area (Å²) < 4.78 is 16.1. The van der Waals surface area contributed by atoms with Crippen molar-refractivity contribution < 1.29 is 4.39 Å². The fourth-order valence-corrected chi connectivity index (χ4v) is 2.60. The minimum absolute atomic E-state index is 0.281. The van der Waals surface area contributed by atoms with Gasteiger partial charge >= 0.3 is 5.69 Å². The Labute approximate surface area is 137 Å². The first-order valence-corrected chi connectivity index (χ1v) is 7.39. The number of benzene rings is 1. The Morgan fingerprint density at radius 1 is 1.08 bits per heavy atom. The van der Waals surface area contributed by atoms with Gasteiger partial charge in [-0.25, -0.2) is 14.2 Å². The van der Waals surface area contributed by atoms with Crippen molar-refractivity contribution >= 4 is 22.4 Å². The number of anilines is 2. The molecule has 2 heterocycles. The van der Waals surface area contributed by atoms with Gasteiger partial charge in [0.2, 0.25) is 0 Å². The van der Waals surface area contributed by atoms with Crippen molar-refractivity contribution in [1.82, 2.24) is 14.1 Å². The van der Waals surface area contributed by atoms with E-state index in [1.165, 1.54) is 17.7 Å². The maximum atomic E-state index is 13.8. The minimum Gasteiger partial charge on any atom is -0.354 e. The highest BCUT2D eigenvalue weighted by Crippen LogP contribution is 2.26. The molecule has 3 rings (SSSR count). The van der Waals surface area contributed by atoms with Gasteiger partial charge in [-0.3, -0.25) is 13.9 Å². The summed E-state index contributed by atoms with van der Waals surface area (Å²) in [5.41, 5.74) is 1.68. The standard InChI is InChI=1S/C17H17FN4O2/c1-9-5-6-11(7-12(9)18)20-14-10(2)8-19-15-13(14)16(23)22(4)17(24)21(15)3/h5-8H,1-4H3,(H,19,20). The van der Waals surface area contributed by atoms with E-state index in [4.69, 9.17) is 0 Å². The maximum absolute atomic E-state index is 13.8. The number of pyridine rings is 1. The molecule has 0 spiro atoms. The lowest BCUT2D eigenvalue weighted by atomic mass is 10.1. The zero-order valence-electron chi connectivity index (χ0n) is 13.8. The Kier molecular flexibility index (Phi) is 3.71. The van der Waals surface area contributed by atoms with Gasteiger partial charge in [-0.1, -0.05) is 6.07 Å². The van der Waals surface area contributed by atoms with Crippen LogP contribution in [0.3, 0.4) is 0 Å². The van der Waals surface area contributed by atoms with Crippen LogP contribution in [-0.2, 0) is 14.1 Å². The molecule has 0 aliphatic carbocycles. The summed E-state index contributed by atoms with van der Waals surface area (Å²) in [6, 6.07) is 4.76. The SMILES string of the molecule is Cc1ccc(Nc2c(C)cnc3c2c(=O)n(C)c(=O)n3C)cc1F. The molecule has 1 aromatic carbocycles. The van der Waals surface area contributed by atoms with Gasteiger partial charge in [-0.2, -0.15) is 0 Å². The highest BCUT2D eigenvalue weighted by Gasteiger charge is 2.16. The van der Waals surface area contributed by atoms with E-state index in [0.29, 0.717) is 22.3 Å². The third kappa shape index (κ3) is 2.38. The van der Waals surface area contributed by atoms with Crippen LogP contribution in [0.25, 0.3) is 11.0 Å². The van der Waals surface area contributed by atoms with Crippen LogP contribution in [0.5, 0.6) is 0 Å². The van der Waals surface area contributed by atoms with Crippen molar-refractivity contribution in [3.8, 4) is 0 Å². The number of nitrogens with one attached hydrogen (secondary N) is 1. The topological polar surface area (TPSA) is 68.9 Å². The van der Waals surface area contributed by atoms with E-state index in [2.05, 4.69) is 10.3 Å². The Balaban J connectivity index is 2.31. The van der Waals surface area contributed by atoms with Crippen molar-refractivity contribution in [2.45, 2.75) is 13.8 Å². The van der Waals surface area contributed by atoms with Gasteiger partial charge in [0.15, 0.2) is 5.65 Å². The molecule has 0 amide bonds. The van der Waals surface area contributed by atoms with Crippen molar-refractivity contribution in [3.63, 3.8) is 0 Å². The van der Waals surface area contributed by atoms with Crippen LogP contribution in [0.15, 0.2) is 34.0 Å². The van der Waals surface area contributed by atoms with E-state index in [0.717, 1.165) is 10.1 Å². The zero-order valence-corrected chi connectivity index (χ0v) is 13.8. The molecular weight excluding hydrogens is 311 g/mol. The maximum Gasteiger partial charge on any atom is 0.332 e. The fourth-order valence-electron chi connectivity index (χ4n) is 2.60. The molecule has 0 aliphatic heterocycles. The predicted octanol–water partition coefficient (Wildman–Crippen LogP) is 2.13. The lowest BCUT2D eigenvalue weighted by molar-refractivity contribution is 0.619. The molecule has 0 saturated heterocycles. The van der Waals surface area contributed by atoms with Gasteiger partial charge in [0.05, 0.1) is 5.69 Å². The van der Waals surface area contributed by atoms with Crippen molar-refractivity contribution in [1.29, 1.82) is 0 Å². The molecule has 3 aromatic rings. The first-order valence-electron chi connectivity index (χ1n) is 7.39. The fraction of sp³-hybridized carbons (Fsp3) is 0.235. The number of aryl methyl sites for hydroxylation is 3. The normalized spacial score (nSPS) is 11.0. The molecule has 0 aliphatic rings. The van der Waals surface area contributed by atoms with E-state index in [9.17, 15) is 14.0 Å². The number of fused-ring (bicyclic) bond motifs is 1. The smallest absolute Gasteiger partial charge is 0.332 e. The molecule has 0 unspecified atom stereocenters. The molecule has 0 atom stereocenters. The van der Waals surface area contributed by atoms with E-state index in [1.54, 1.807) is 39.2 Å². The Hall–Kier alpha value is -2.96. The molecule has 0 saturated carbocycles. The average molecular weight is 328 g/mol. The third-order valence-corrected chi connectivity index (χ3v) is 4.10. The molecule has 7 heteroatoms. The molecule has 1 N–H and O–H groups in total. The van der Waals surface area contributed by atoms with E-state index >= 15 is 0 Å². The predicted molar refractivity (Wildman–Crippen MR) is 91.4 cm³/mol. The van der Waals surface area contributed by atoms with Gasteiger partial charge in [-0.05, 0) is 37.1 Å². The Morgan fingerprint density at radius 3 is 2.46 bits per heavy atom. The van der Waals surface area contributed by atoms with Crippen molar-refractivity contribution in [2.24, 2.45) is 14.1 Å². The van der Waals surface area contributed by atoms with E-state index in [1.807, 2.05) is 0 Å². The summed E-state index contributed by atoms with van der Waals surface area (Å²) >= 11 is 0. The van der Waals surface area contributed by atoms with Crippen LogP contribution in [0, 0.1) is 19.7 Å². The molecule has 124 valence electrons. The molecule has 0 radical (unpaired) electrons. The Morgan fingerprint density at radius 2 is 1.79 bits per heavy atom. The second-order valence-electron chi connectivity index (χ2n) is 5.81. The number of rotatable bonds is 2. The van der Waals surface area contributed by atoms with Crippen LogP contribution in [-0.4, -0.2) is 14.1 Å². The summed E-state index contributed by atoms with van der Waals surface area (Å²) in [4.78, 5) is 28.8. The summed E-state index contributed by atoms with van der Waals surface area (Å²) in [7, 11) is 2.98. The Bertz CT molecular complexity index is 1080. The average Bonchev–Trinajstić information content (AvgIpc) is 2.56. The molecular formula is C17H17FN4O2. The second kappa shape index (κ2) is 5.59. The second-order valence-corrected chi connectivity index (χ2v) is 5.81. The summed E-state index contributed by atoms with van der Waals surface area (Å²) in [5, 5.41) is 3.38. The monoisotopic (exact) mass is 328 g/mol. The van der Waals surface area contributed by atoms with Crippen LogP contribution >= 0.6 is 0 Å². The minimum atomic E-state index is -0.448. The summed E-state index contributed by atoms with van der Waals surface area (Å²) in [5.74, 6) is -0.337. The number of halogens is 1. The van der Waals surface area contributed by atoms with Gasteiger partial charge in [0, 0.05) is 26.0 Å². The highest BCUT2D eigenvalue weighted by molar-refractivity contribution is 5.92. The van der Waals surface area contributed by atoms with Gasteiger partial charge in [0.25, 0.3) is 5.56 Å². The molecule has 6 nitrogen and oxygen atoms in total. The summed E-state index contributed by atoms with van der Waals surface area (Å²) in [6.45, 7) is 3.47. The summed E-state index contributed by atoms with van der Waals surface area (Å²) in [6.07, 6.45) is 1.58. The lowest BCUT2D eigenvalue weighted by Crippen LogP contribution is -2.37. The van der Waals surface area contributed by atoms with Gasteiger partial charge < -0.3 is 5.32 Å². The molecule has 2 aromatic heterocycles. The van der Waals surface area contributed by atoms with Crippen molar-refractivity contribution in [3.05, 3.63) is 62.2 Å². The van der Waals surface area contributed by atoms with E-state index in [-0.39, 0.29) is 11.5 Å². The first kappa shape index (κ1) is 15.9. The highest BCUT2D eigenvalue weighted by atomic mass is 19.1. The molecule has 24 heavy (non-hydrogen) atoms. The van der Waals surface area contributed by atoms with Crippen LogP contribution in [0.1, 0.15) is 11.1 Å².